The summed E-state index contributed by atoms with van der Waals surface area (Å²) in [5.74, 6) is 1.16. The summed E-state index contributed by atoms with van der Waals surface area (Å²) in [4.78, 5) is 12.5. The lowest BCUT2D eigenvalue weighted by atomic mass is 9.74. The minimum atomic E-state index is -2.87. The molecule has 0 N–H and O–H groups in total. The third kappa shape index (κ3) is 3.78. The van der Waals surface area contributed by atoms with Crippen LogP contribution in [0.15, 0.2) is 24.3 Å². The Balaban J connectivity index is 2.12. The van der Waals surface area contributed by atoms with Crippen LogP contribution in [-0.4, -0.2) is 12.4 Å². The van der Waals surface area contributed by atoms with Gasteiger partial charge in [0.1, 0.15) is 5.75 Å². The number of rotatable bonds is 4. The second kappa shape index (κ2) is 6.33. The van der Waals surface area contributed by atoms with Crippen molar-refractivity contribution in [3.05, 3.63) is 29.8 Å². The smallest absolute Gasteiger partial charge is 0.387 e. The highest BCUT2D eigenvalue weighted by Gasteiger charge is 2.29. The van der Waals surface area contributed by atoms with Crippen LogP contribution in [0.4, 0.5) is 8.78 Å². The summed E-state index contributed by atoms with van der Waals surface area (Å²) in [5, 5.41) is 0. The van der Waals surface area contributed by atoms with Crippen LogP contribution >= 0.6 is 0 Å². The highest BCUT2D eigenvalue weighted by Crippen LogP contribution is 2.35. The quantitative estimate of drug-likeness (QED) is 0.758. The predicted octanol–water partition coefficient (Wildman–Crippen LogP) is 4.54. The molecule has 0 saturated heterocycles. The van der Waals surface area contributed by atoms with Crippen LogP contribution in [0, 0.1) is 17.8 Å². The molecule has 1 aliphatic carbocycles. The number of hydrogen-bond acceptors (Lipinski definition) is 2. The summed E-state index contributed by atoms with van der Waals surface area (Å²) in [7, 11) is 0. The van der Waals surface area contributed by atoms with Gasteiger partial charge in [-0.15, -0.1) is 0 Å². The van der Waals surface area contributed by atoms with Crippen molar-refractivity contribution >= 4 is 5.78 Å². The highest BCUT2D eigenvalue weighted by atomic mass is 19.3. The lowest BCUT2D eigenvalue weighted by molar-refractivity contribution is -0.0498. The first-order valence-corrected chi connectivity index (χ1v) is 7.04. The van der Waals surface area contributed by atoms with Gasteiger partial charge >= 0.3 is 6.61 Å². The largest absolute Gasteiger partial charge is 0.435 e. The zero-order valence-electron chi connectivity index (χ0n) is 11.8. The molecule has 20 heavy (non-hydrogen) atoms. The molecular weight excluding hydrogens is 262 g/mol. The molecule has 2 unspecified atom stereocenters. The van der Waals surface area contributed by atoms with Gasteiger partial charge in [0.15, 0.2) is 5.78 Å². The van der Waals surface area contributed by atoms with Crippen LogP contribution in [0.5, 0.6) is 5.75 Å². The molecule has 2 rings (SSSR count). The van der Waals surface area contributed by atoms with Crippen molar-refractivity contribution in [1.82, 2.24) is 0 Å². The van der Waals surface area contributed by atoms with Gasteiger partial charge in [-0.25, -0.2) is 0 Å². The molecule has 1 aliphatic rings. The minimum absolute atomic E-state index is 0.00412. The van der Waals surface area contributed by atoms with E-state index in [-0.39, 0.29) is 17.5 Å². The number of alkyl halides is 2. The van der Waals surface area contributed by atoms with Gasteiger partial charge in [0.2, 0.25) is 0 Å². The molecule has 4 heteroatoms. The normalized spacial score (nSPS) is 26.6. The number of benzene rings is 1. The van der Waals surface area contributed by atoms with Crippen molar-refractivity contribution in [3.63, 3.8) is 0 Å². The van der Waals surface area contributed by atoms with Crippen LogP contribution in [0.2, 0.25) is 0 Å². The number of ether oxygens (including phenoxy) is 1. The molecule has 0 bridgehead atoms. The van der Waals surface area contributed by atoms with Crippen molar-refractivity contribution in [2.75, 3.05) is 0 Å². The van der Waals surface area contributed by atoms with Crippen LogP contribution in [0.1, 0.15) is 43.5 Å². The Morgan fingerprint density at radius 2 is 1.85 bits per heavy atom. The molecule has 2 nitrogen and oxygen atoms in total. The van der Waals surface area contributed by atoms with Crippen LogP contribution in [-0.2, 0) is 0 Å². The van der Waals surface area contributed by atoms with E-state index in [0.29, 0.717) is 17.4 Å². The Labute approximate surface area is 118 Å². The summed E-state index contributed by atoms with van der Waals surface area (Å²) in [6.07, 6.45) is 2.91. The third-order valence-electron chi connectivity index (χ3n) is 3.89. The lowest BCUT2D eigenvalue weighted by Gasteiger charge is -2.30. The number of carbonyl (C=O) groups excluding carboxylic acids is 1. The van der Waals surface area contributed by atoms with E-state index >= 15 is 0 Å². The molecule has 1 aromatic carbocycles. The van der Waals surface area contributed by atoms with Gasteiger partial charge in [0, 0.05) is 11.5 Å². The molecule has 0 radical (unpaired) electrons. The second-order valence-electron chi connectivity index (χ2n) is 5.88. The summed E-state index contributed by atoms with van der Waals surface area (Å²) in [6, 6.07) is 6.11. The summed E-state index contributed by atoms with van der Waals surface area (Å²) >= 11 is 0. The SMILES string of the molecule is CC1CC(C)CC(C(=O)c2cccc(OC(F)F)c2)C1. The zero-order chi connectivity index (χ0) is 14.7. The Kier molecular flexibility index (Phi) is 4.73. The van der Waals surface area contributed by atoms with Gasteiger partial charge in [-0.1, -0.05) is 26.0 Å². The van der Waals surface area contributed by atoms with Gasteiger partial charge in [-0.2, -0.15) is 8.78 Å². The van der Waals surface area contributed by atoms with Crippen LogP contribution in [0.3, 0.4) is 0 Å². The summed E-state index contributed by atoms with van der Waals surface area (Å²) in [5.41, 5.74) is 0.467. The first kappa shape index (κ1) is 14.9. The first-order chi connectivity index (χ1) is 9.45. The van der Waals surface area contributed by atoms with Crippen molar-refractivity contribution in [3.8, 4) is 5.75 Å². The lowest BCUT2D eigenvalue weighted by Crippen LogP contribution is -2.26. The maximum Gasteiger partial charge on any atom is 0.387 e. The Morgan fingerprint density at radius 3 is 2.45 bits per heavy atom. The third-order valence-corrected chi connectivity index (χ3v) is 3.89. The molecule has 110 valence electrons. The number of Topliss-reactive ketones (excluding diaryl/α,β-unsaturated/α-hetero) is 1. The minimum Gasteiger partial charge on any atom is -0.435 e. The molecule has 0 heterocycles. The second-order valence-corrected chi connectivity index (χ2v) is 5.88. The Bertz CT molecular complexity index is 463. The predicted molar refractivity (Wildman–Crippen MR) is 73.1 cm³/mol. The molecule has 0 spiro atoms. The summed E-state index contributed by atoms with van der Waals surface area (Å²) < 4.78 is 28.8. The van der Waals surface area contributed by atoms with Gasteiger partial charge in [0.05, 0.1) is 0 Å². The number of ketones is 1. The molecule has 1 aromatic rings. The Hall–Kier alpha value is -1.45. The van der Waals surface area contributed by atoms with E-state index in [0.717, 1.165) is 19.3 Å². The molecule has 2 atom stereocenters. The van der Waals surface area contributed by atoms with Crippen LogP contribution in [0.25, 0.3) is 0 Å². The van der Waals surface area contributed by atoms with Gasteiger partial charge < -0.3 is 4.74 Å². The van der Waals surface area contributed by atoms with E-state index in [2.05, 4.69) is 18.6 Å². The maximum atomic E-state index is 12.5. The van der Waals surface area contributed by atoms with E-state index in [1.165, 1.54) is 12.1 Å². The van der Waals surface area contributed by atoms with Crippen molar-refractivity contribution in [1.29, 1.82) is 0 Å². The van der Waals surface area contributed by atoms with E-state index in [1.54, 1.807) is 12.1 Å². The number of carbonyl (C=O) groups is 1. The van der Waals surface area contributed by atoms with Crippen LogP contribution < -0.4 is 4.74 Å². The van der Waals surface area contributed by atoms with Crippen molar-refractivity contribution in [2.45, 2.75) is 39.7 Å². The molecular formula is C16H20F2O2. The average molecular weight is 282 g/mol. The Morgan fingerprint density at radius 1 is 1.20 bits per heavy atom. The van der Waals surface area contributed by atoms with Gasteiger partial charge in [-0.3, -0.25) is 4.79 Å². The molecule has 1 saturated carbocycles. The number of halogens is 2. The van der Waals surface area contributed by atoms with Gasteiger partial charge in [-0.05, 0) is 43.2 Å². The molecule has 1 fully saturated rings. The molecule has 0 aliphatic heterocycles. The first-order valence-electron chi connectivity index (χ1n) is 7.04. The van der Waals surface area contributed by atoms with E-state index in [1.807, 2.05) is 0 Å². The highest BCUT2D eigenvalue weighted by molar-refractivity contribution is 5.98. The molecule has 0 amide bonds. The van der Waals surface area contributed by atoms with E-state index in [9.17, 15) is 13.6 Å². The zero-order valence-corrected chi connectivity index (χ0v) is 11.8. The average Bonchev–Trinajstić information content (AvgIpc) is 2.36. The monoisotopic (exact) mass is 282 g/mol. The molecule has 0 aromatic heterocycles. The van der Waals surface area contributed by atoms with Gasteiger partial charge in [0.25, 0.3) is 0 Å². The standard InChI is InChI=1S/C16H20F2O2/c1-10-6-11(2)8-13(7-10)15(19)12-4-3-5-14(9-12)20-16(17)18/h3-5,9-11,13,16H,6-8H2,1-2H3. The number of hydrogen-bond donors (Lipinski definition) is 0. The van der Waals surface area contributed by atoms with E-state index < -0.39 is 6.61 Å². The summed E-state index contributed by atoms with van der Waals surface area (Å²) in [6.45, 7) is 1.45. The topological polar surface area (TPSA) is 26.3 Å². The fourth-order valence-corrected chi connectivity index (χ4v) is 3.22. The van der Waals surface area contributed by atoms with E-state index in [4.69, 9.17) is 0 Å². The maximum absolute atomic E-state index is 12.5. The fourth-order valence-electron chi connectivity index (χ4n) is 3.22. The fraction of sp³-hybridized carbons (Fsp3) is 0.562. The van der Waals surface area contributed by atoms with Crippen molar-refractivity contribution in [2.24, 2.45) is 17.8 Å². The van der Waals surface area contributed by atoms with Crippen molar-refractivity contribution < 1.29 is 18.3 Å².